The third kappa shape index (κ3) is 1.91. The molecule has 0 bridgehead atoms. The molecule has 2 aromatic carbocycles. The minimum atomic E-state index is 0.321. The first-order valence-corrected chi connectivity index (χ1v) is 8.52. The van der Waals surface area contributed by atoms with Crippen LogP contribution in [0.3, 0.4) is 0 Å². The summed E-state index contributed by atoms with van der Waals surface area (Å²) in [7, 11) is 1.73. The Kier molecular flexibility index (Phi) is 2.96. The van der Waals surface area contributed by atoms with Gasteiger partial charge in [0.25, 0.3) is 0 Å². The van der Waals surface area contributed by atoms with Gasteiger partial charge in [-0.25, -0.2) is 0 Å². The number of allylic oxidation sites excluding steroid dienone is 2. The lowest BCUT2D eigenvalue weighted by atomic mass is 9.77. The normalized spacial score (nSPS) is 24.5. The summed E-state index contributed by atoms with van der Waals surface area (Å²) in [6, 6.07) is 15.2. The summed E-state index contributed by atoms with van der Waals surface area (Å²) in [4.78, 5) is 3.43. The van der Waals surface area contributed by atoms with E-state index < -0.39 is 0 Å². The molecule has 5 rings (SSSR count). The molecule has 2 N–H and O–H groups in total. The van der Waals surface area contributed by atoms with Crippen molar-refractivity contribution in [2.75, 3.05) is 12.4 Å². The molecule has 1 aromatic heterocycles. The fourth-order valence-corrected chi connectivity index (χ4v) is 4.36. The van der Waals surface area contributed by atoms with Crippen LogP contribution in [-0.4, -0.2) is 12.1 Å². The van der Waals surface area contributed by atoms with E-state index in [1.165, 1.54) is 27.7 Å². The average Bonchev–Trinajstić information content (AvgIpc) is 3.28. The Morgan fingerprint density at radius 3 is 2.92 bits per heavy atom. The molecular weight excluding hydrogens is 296 g/mol. The van der Waals surface area contributed by atoms with Crippen molar-refractivity contribution >= 4 is 16.6 Å². The van der Waals surface area contributed by atoms with Crippen LogP contribution >= 0.6 is 0 Å². The van der Waals surface area contributed by atoms with Gasteiger partial charge in [-0.3, -0.25) is 0 Å². The van der Waals surface area contributed by atoms with Crippen LogP contribution < -0.4 is 10.1 Å². The van der Waals surface area contributed by atoms with Gasteiger partial charge in [-0.05, 0) is 47.7 Å². The maximum absolute atomic E-state index is 5.43. The second kappa shape index (κ2) is 5.17. The second-order valence-corrected chi connectivity index (χ2v) is 6.72. The van der Waals surface area contributed by atoms with Crippen LogP contribution in [0.4, 0.5) is 5.69 Å². The van der Waals surface area contributed by atoms with Crippen molar-refractivity contribution in [3.05, 3.63) is 71.9 Å². The summed E-state index contributed by atoms with van der Waals surface area (Å²) in [6.07, 6.45) is 7.98. The summed E-state index contributed by atoms with van der Waals surface area (Å²) in [5.74, 6) is 1.93. The van der Waals surface area contributed by atoms with Crippen molar-refractivity contribution in [1.29, 1.82) is 0 Å². The molecule has 0 saturated heterocycles. The zero-order valence-corrected chi connectivity index (χ0v) is 13.6. The number of hydrogen-bond donors (Lipinski definition) is 2. The topological polar surface area (TPSA) is 37.0 Å². The number of aromatic amines is 1. The predicted molar refractivity (Wildman–Crippen MR) is 97.6 cm³/mol. The highest BCUT2D eigenvalue weighted by atomic mass is 16.5. The van der Waals surface area contributed by atoms with E-state index in [-0.39, 0.29) is 0 Å². The summed E-state index contributed by atoms with van der Waals surface area (Å²) in [5, 5.41) is 5.12. The highest BCUT2D eigenvalue weighted by Crippen LogP contribution is 2.51. The highest BCUT2D eigenvalue weighted by molar-refractivity contribution is 5.84. The molecule has 120 valence electrons. The van der Waals surface area contributed by atoms with Crippen LogP contribution in [0.2, 0.25) is 0 Å². The highest BCUT2D eigenvalue weighted by Gasteiger charge is 2.38. The number of hydrogen-bond acceptors (Lipinski definition) is 2. The molecular formula is C21H20N2O. The smallest absolute Gasteiger partial charge is 0.119 e. The van der Waals surface area contributed by atoms with Gasteiger partial charge in [-0.15, -0.1) is 0 Å². The van der Waals surface area contributed by atoms with Gasteiger partial charge in [-0.1, -0.05) is 30.4 Å². The van der Waals surface area contributed by atoms with Crippen LogP contribution in [-0.2, 0) is 0 Å². The quantitative estimate of drug-likeness (QED) is 0.653. The fourth-order valence-electron chi connectivity index (χ4n) is 4.36. The molecule has 3 unspecified atom stereocenters. The summed E-state index contributed by atoms with van der Waals surface area (Å²) < 4.78 is 5.43. The van der Waals surface area contributed by atoms with E-state index in [4.69, 9.17) is 4.74 Å². The lowest BCUT2D eigenvalue weighted by Gasteiger charge is -2.37. The molecule has 3 aromatic rings. The van der Waals surface area contributed by atoms with E-state index in [1.54, 1.807) is 7.11 Å². The first kappa shape index (κ1) is 13.7. The molecule has 2 heterocycles. The summed E-state index contributed by atoms with van der Waals surface area (Å²) in [6.45, 7) is 0. The van der Waals surface area contributed by atoms with Crippen molar-refractivity contribution in [2.24, 2.45) is 5.92 Å². The molecule has 0 spiro atoms. The van der Waals surface area contributed by atoms with Crippen molar-refractivity contribution in [2.45, 2.75) is 18.4 Å². The summed E-state index contributed by atoms with van der Waals surface area (Å²) >= 11 is 0. The maximum atomic E-state index is 5.43. The van der Waals surface area contributed by atoms with E-state index in [9.17, 15) is 0 Å². The number of H-pyrrole nitrogens is 1. The molecule has 3 nitrogen and oxygen atoms in total. The summed E-state index contributed by atoms with van der Waals surface area (Å²) in [5.41, 5.74) is 5.14. The predicted octanol–water partition coefficient (Wildman–Crippen LogP) is 5.00. The first-order chi connectivity index (χ1) is 11.8. The molecule has 1 aliphatic carbocycles. The van der Waals surface area contributed by atoms with Crippen molar-refractivity contribution in [3.63, 3.8) is 0 Å². The fraction of sp³-hybridized carbons (Fsp3) is 0.238. The maximum Gasteiger partial charge on any atom is 0.119 e. The van der Waals surface area contributed by atoms with E-state index in [0.29, 0.717) is 17.9 Å². The van der Waals surface area contributed by atoms with Crippen LogP contribution in [0.15, 0.2) is 60.8 Å². The zero-order valence-electron chi connectivity index (χ0n) is 13.6. The van der Waals surface area contributed by atoms with Crippen LogP contribution in [0.5, 0.6) is 5.75 Å². The molecule has 1 aliphatic heterocycles. The first-order valence-electron chi connectivity index (χ1n) is 8.52. The Bertz CT molecular complexity index is 940. The Hall–Kier alpha value is -2.68. The number of para-hydroxylation sites is 1. The number of benzene rings is 2. The van der Waals surface area contributed by atoms with Gasteiger partial charge in [0.1, 0.15) is 5.75 Å². The monoisotopic (exact) mass is 316 g/mol. The minimum Gasteiger partial charge on any atom is -0.497 e. The van der Waals surface area contributed by atoms with Gasteiger partial charge >= 0.3 is 0 Å². The minimum absolute atomic E-state index is 0.321. The van der Waals surface area contributed by atoms with Crippen molar-refractivity contribution in [3.8, 4) is 5.75 Å². The van der Waals surface area contributed by atoms with Gasteiger partial charge in [0.2, 0.25) is 0 Å². The lowest BCUT2D eigenvalue weighted by molar-refractivity contribution is 0.406. The number of methoxy groups -OCH3 is 1. The van der Waals surface area contributed by atoms with Gasteiger partial charge < -0.3 is 15.0 Å². The Morgan fingerprint density at radius 2 is 2.00 bits per heavy atom. The number of rotatable bonds is 2. The molecule has 0 amide bonds. The molecule has 3 atom stereocenters. The number of nitrogens with one attached hydrogen (secondary N) is 2. The third-order valence-corrected chi connectivity index (χ3v) is 5.53. The molecule has 0 saturated carbocycles. The largest absolute Gasteiger partial charge is 0.497 e. The zero-order chi connectivity index (χ0) is 16.1. The van der Waals surface area contributed by atoms with Gasteiger partial charge in [0.15, 0.2) is 0 Å². The second-order valence-electron chi connectivity index (χ2n) is 6.72. The van der Waals surface area contributed by atoms with E-state index in [1.807, 2.05) is 6.07 Å². The molecule has 24 heavy (non-hydrogen) atoms. The van der Waals surface area contributed by atoms with E-state index in [0.717, 1.165) is 12.2 Å². The standard InChI is InChI=1S/C21H20N2O/c1-24-13-9-10-20-17(11-13)14-6-4-7-16(14)21(23-20)18-12-22-19-8-3-2-5-15(18)19/h2-6,8-12,14,16,21-23H,7H2,1H3. The van der Waals surface area contributed by atoms with Gasteiger partial charge in [0, 0.05) is 28.7 Å². The Morgan fingerprint density at radius 1 is 1.08 bits per heavy atom. The molecule has 0 radical (unpaired) electrons. The van der Waals surface area contributed by atoms with Crippen LogP contribution in [0.25, 0.3) is 10.9 Å². The SMILES string of the molecule is COc1ccc2c(c1)C1C=CCC1C(c1c[nH]c3ccccc13)N2. The number of fused-ring (bicyclic) bond motifs is 4. The Balaban J connectivity index is 1.63. The number of ether oxygens (including phenoxy) is 1. The number of anilines is 1. The van der Waals surface area contributed by atoms with Crippen LogP contribution in [0, 0.1) is 5.92 Å². The molecule has 3 heteroatoms. The molecule has 2 aliphatic rings. The molecule has 0 fully saturated rings. The van der Waals surface area contributed by atoms with Gasteiger partial charge in [0.05, 0.1) is 13.2 Å². The van der Waals surface area contributed by atoms with Crippen LogP contribution in [0.1, 0.15) is 29.5 Å². The number of aromatic nitrogens is 1. The van der Waals surface area contributed by atoms with Gasteiger partial charge in [-0.2, -0.15) is 0 Å². The van der Waals surface area contributed by atoms with E-state index in [2.05, 4.69) is 65.0 Å². The Labute approximate surface area is 141 Å². The van der Waals surface area contributed by atoms with Crippen molar-refractivity contribution < 1.29 is 4.74 Å². The third-order valence-electron chi connectivity index (χ3n) is 5.53. The van der Waals surface area contributed by atoms with E-state index >= 15 is 0 Å². The lowest BCUT2D eigenvalue weighted by Crippen LogP contribution is -2.28. The average molecular weight is 316 g/mol. The van der Waals surface area contributed by atoms with Crippen molar-refractivity contribution in [1.82, 2.24) is 4.98 Å².